The summed E-state index contributed by atoms with van der Waals surface area (Å²) >= 11 is 1.50. The van der Waals surface area contributed by atoms with E-state index in [1.54, 1.807) is 0 Å². The zero-order chi connectivity index (χ0) is 17.1. The van der Waals surface area contributed by atoms with Gasteiger partial charge in [0.05, 0.1) is 0 Å². The van der Waals surface area contributed by atoms with E-state index < -0.39 is 0 Å². The van der Waals surface area contributed by atoms with Crippen LogP contribution in [0.2, 0.25) is 0 Å². The predicted molar refractivity (Wildman–Crippen MR) is 88.1 cm³/mol. The minimum atomic E-state index is -0.274. The van der Waals surface area contributed by atoms with E-state index in [0.717, 1.165) is 6.42 Å². The number of aryl methyl sites for hydroxylation is 1. The molecule has 1 aliphatic heterocycles. The maximum atomic E-state index is 6.88. The van der Waals surface area contributed by atoms with E-state index in [9.17, 15) is 0 Å². The van der Waals surface area contributed by atoms with Crippen molar-refractivity contribution in [2.45, 2.75) is 73.0 Å². The summed E-state index contributed by atoms with van der Waals surface area (Å²) in [4.78, 5) is 0. The van der Waals surface area contributed by atoms with Gasteiger partial charge in [-0.25, -0.2) is 0 Å². The van der Waals surface area contributed by atoms with Gasteiger partial charge in [-0.15, -0.1) is 0 Å². The number of aromatic nitrogens is 1. The first kappa shape index (κ1) is 18.1. The van der Waals surface area contributed by atoms with Gasteiger partial charge in [-0.3, -0.25) is 0 Å². The normalized spacial score (nSPS) is 33.1. The Morgan fingerprint density at radius 1 is 1.05 bits per heavy atom. The van der Waals surface area contributed by atoms with Crippen molar-refractivity contribution in [2.75, 3.05) is 0 Å². The molecule has 1 fully saturated rings. The first-order valence-corrected chi connectivity index (χ1v) is 9.69. The summed E-state index contributed by atoms with van der Waals surface area (Å²) in [6.45, 7) is 18.5. The molecule has 0 unspecified atom stereocenters. The van der Waals surface area contributed by atoms with Crippen molar-refractivity contribution in [3.8, 4) is 0 Å². The van der Waals surface area contributed by atoms with Crippen LogP contribution in [0, 0.1) is 21.4 Å². The summed E-state index contributed by atoms with van der Waals surface area (Å²) < 4.78 is 10.6. The Morgan fingerprint density at radius 2 is 1.59 bits per heavy atom. The topological polar surface area (TPSA) is 14.2 Å². The van der Waals surface area contributed by atoms with Crippen LogP contribution < -0.4 is 0 Å². The fourth-order valence-electron chi connectivity index (χ4n) is 3.96. The van der Waals surface area contributed by atoms with Crippen molar-refractivity contribution >= 4 is 0 Å². The first-order chi connectivity index (χ1) is 9.85. The summed E-state index contributed by atoms with van der Waals surface area (Å²) in [6.07, 6.45) is 1.03. The molecule has 22 heavy (non-hydrogen) atoms. The predicted octanol–water partition coefficient (Wildman–Crippen LogP) is 4.88. The van der Waals surface area contributed by atoms with Crippen LogP contribution in [0.4, 0.5) is 0 Å². The van der Waals surface area contributed by atoms with Crippen molar-refractivity contribution < 1.29 is 24.1 Å². The number of nitrogens with zero attached hydrogens (tertiary/aromatic N) is 1. The third kappa shape index (κ3) is 2.02. The third-order valence-electron chi connectivity index (χ3n) is 7.25. The van der Waals surface area contributed by atoms with Gasteiger partial charge in [0.1, 0.15) is 0 Å². The van der Waals surface area contributed by atoms with Crippen molar-refractivity contribution in [3.05, 3.63) is 27.1 Å². The van der Waals surface area contributed by atoms with Gasteiger partial charge < -0.3 is 0 Å². The van der Waals surface area contributed by atoms with Crippen LogP contribution in [-0.2, 0) is 36.7 Å². The Kier molecular flexibility index (Phi) is 4.24. The Balaban J connectivity index is 2.75. The van der Waals surface area contributed by atoms with Crippen LogP contribution in [0.15, 0.2) is 12.1 Å². The average Bonchev–Trinajstić information content (AvgIpc) is 2.53. The van der Waals surface area contributed by atoms with Crippen LogP contribution in [0.3, 0.4) is 0 Å². The average molecular weight is 473 g/mol. The molecule has 1 aromatic heterocycles. The molecule has 3 heteroatoms. The number of ether oxygens (including phenoxy) is 1. The fraction of sp³-hybridized carbons (Fsp3) is 0.737. The minimum absolute atomic E-state index is 0.0389. The van der Waals surface area contributed by atoms with Gasteiger partial charge in [0, 0.05) is 0 Å². The third-order valence-corrected chi connectivity index (χ3v) is 9.02. The van der Waals surface area contributed by atoms with Crippen LogP contribution in [0.25, 0.3) is 0 Å². The molecule has 0 spiro atoms. The molecule has 0 aliphatic carbocycles. The van der Waals surface area contributed by atoms with Crippen molar-refractivity contribution in [3.63, 3.8) is 0 Å². The van der Waals surface area contributed by atoms with Gasteiger partial charge in [-0.2, -0.15) is 0 Å². The molecule has 0 amide bonds. The molecule has 0 N–H and O–H groups in total. The van der Waals surface area contributed by atoms with Crippen molar-refractivity contribution in [1.29, 1.82) is 0 Å². The van der Waals surface area contributed by atoms with E-state index in [4.69, 9.17) is 4.74 Å². The van der Waals surface area contributed by atoms with E-state index in [-0.39, 0.29) is 22.0 Å². The van der Waals surface area contributed by atoms with Gasteiger partial charge in [0.2, 0.25) is 0 Å². The van der Waals surface area contributed by atoms with E-state index in [0.29, 0.717) is 0 Å². The Morgan fingerprint density at radius 3 is 2.05 bits per heavy atom. The first-order valence-electron chi connectivity index (χ1n) is 8.23. The summed E-state index contributed by atoms with van der Waals surface area (Å²) in [5.74, 6) is 0. The number of hydrogen-bond acceptors (Lipinski definition) is 1. The van der Waals surface area contributed by atoms with Gasteiger partial charge in [-0.05, 0) is 0 Å². The quantitative estimate of drug-likeness (QED) is 0.598. The number of hydrogen-bond donors (Lipinski definition) is 0. The zero-order valence-corrected chi connectivity index (χ0v) is 18.6. The Bertz CT molecular complexity index is 658. The van der Waals surface area contributed by atoms with Crippen LogP contribution in [0.5, 0.6) is 0 Å². The van der Waals surface area contributed by atoms with Crippen molar-refractivity contribution in [2.24, 2.45) is 17.9 Å². The molecule has 1 aliphatic rings. The summed E-state index contributed by atoms with van der Waals surface area (Å²) in [6, 6.07) is 4.51. The molecule has 124 valence electrons. The summed E-state index contributed by atoms with van der Waals surface area (Å²) in [7, 11) is 2.16. The number of pyridine rings is 1. The monoisotopic (exact) mass is 473 g/mol. The van der Waals surface area contributed by atoms with E-state index in [2.05, 4.69) is 79.1 Å². The summed E-state index contributed by atoms with van der Waals surface area (Å²) in [5, 5.41) is 0. The second-order valence-corrected chi connectivity index (χ2v) is 9.61. The van der Waals surface area contributed by atoms with E-state index in [1.807, 2.05) is 0 Å². The van der Waals surface area contributed by atoms with Crippen molar-refractivity contribution in [1.82, 2.24) is 4.57 Å². The van der Waals surface area contributed by atoms with E-state index >= 15 is 0 Å². The zero-order valence-electron chi connectivity index (χ0n) is 15.6. The molecular formula is C19H31NOW. The Labute approximate surface area is 146 Å². The van der Waals surface area contributed by atoms with Crippen LogP contribution in [0.1, 0.15) is 66.1 Å². The molecule has 2 atom stereocenters. The molecule has 2 heterocycles. The molecule has 0 saturated carbocycles. The maximum absolute atomic E-state index is 6.88. The van der Waals surface area contributed by atoms with E-state index in [1.165, 1.54) is 34.3 Å². The van der Waals surface area contributed by atoms with Crippen LogP contribution >= 0.6 is 0 Å². The molecular weight excluding hydrogens is 442 g/mol. The number of rotatable bonds is 2. The second-order valence-electron chi connectivity index (χ2n) is 8.22. The second kappa shape index (κ2) is 5.15. The standard InChI is InChI=1S/C19H31NO.W/c1-10-18(7)16(3,4)17(5,6)19(8,21-18)15-12-11-14(2)20(9)13-15;/h11-12H,10H2,1-9H3;/t18-,19+;/m1./s1. The van der Waals surface area contributed by atoms with Gasteiger partial charge in [-0.1, -0.05) is 0 Å². The van der Waals surface area contributed by atoms with Gasteiger partial charge in [0.25, 0.3) is 0 Å². The summed E-state index contributed by atoms with van der Waals surface area (Å²) in [5.41, 5.74) is 2.39. The molecule has 0 radical (unpaired) electrons. The fourth-order valence-corrected chi connectivity index (χ4v) is 5.42. The molecule has 0 aromatic carbocycles. The molecule has 2 rings (SSSR count). The van der Waals surface area contributed by atoms with Crippen LogP contribution in [-0.4, -0.2) is 10.2 Å². The van der Waals surface area contributed by atoms with Gasteiger partial charge >= 0.3 is 147 Å². The molecule has 2 nitrogen and oxygen atoms in total. The molecule has 1 saturated heterocycles. The van der Waals surface area contributed by atoms with Gasteiger partial charge in [0.15, 0.2) is 0 Å². The SMILES string of the molecule is CC[C@@]1(C)O[C@@](C)(c2ccc(C)n(C)[c]2=[W])C(C)(C)C1(C)C. The Hall–Kier alpha value is -0.202. The molecule has 0 bridgehead atoms. The molecule has 1 aromatic rings.